The minimum atomic E-state index is -2.02. The van der Waals surface area contributed by atoms with E-state index in [-0.39, 0.29) is 54.6 Å². The first-order valence-electron chi connectivity index (χ1n) is 28.2. The number of benzene rings is 3. The van der Waals surface area contributed by atoms with Gasteiger partial charge in [-0.3, -0.25) is 57.5 Å². The number of ether oxygens (including phenoxy) is 1. The molecule has 3 aromatic rings. The number of nitrogens with zero attached hydrogens (tertiary/aromatic N) is 1. The Balaban J connectivity index is 1.56. The molecule has 0 radical (unpaired) electrons. The third-order valence-corrected chi connectivity index (χ3v) is 16.2. The quantitative estimate of drug-likeness (QED) is 0.112. The van der Waals surface area contributed by atoms with E-state index in [0.717, 1.165) is 24.6 Å². The SMILES string of the molecule is CSCC[C@@H]1NC(=O)[C@@H]2CSCc3cc(cc(c3)OCCCCCCO/N=C/C(=O)NCC(=O)N2)CSC[C@@H](C(N)=O)NC(=O)[C@H](Cc2ccccc2)NC(=O)[C@H](C)NC(=O)[C@H](Cc2ccccc2)NC(=O)[C@H](CC(=O)O)NC(=O)[C@H](CC(=O)O)NC1=O. The molecule has 0 saturated heterocycles. The number of hydrogen-bond acceptors (Lipinski definition) is 18. The molecule has 30 heteroatoms. The molecular formula is C58H75N11O16S3. The molecule has 8 atom stereocenters. The summed E-state index contributed by atoms with van der Waals surface area (Å²) in [5.41, 5.74) is 8.43. The number of oxime groups is 1. The van der Waals surface area contributed by atoms with Crippen LogP contribution in [0.15, 0.2) is 84.0 Å². The number of nitrogens with one attached hydrogen (secondary N) is 9. The molecule has 27 nitrogen and oxygen atoms in total. The van der Waals surface area contributed by atoms with Gasteiger partial charge in [0.05, 0.1) is 26.0 Å². The van der Waals surface area contributed by atoms with Crippen LogP contribution in [-0.2, 0) is 86.7 Å². The van der Waals surface area contributed by atoms with E-state index in [1.807, 2.05) is 12.1 Å². The smallest absolute Gasteiger partial charge is 0.305 e. The van der Waals surface area contributed by atoms with Gasteiger partial charge >= 0.3 is 11.9 Å². The number of carbonyl (C=O) groups excluding carboxylic acids is 10. The first kappa shape index (κ1) is 70.4. The van der Waals surface area contributed by atoms with Crippen molar-refractivity contribution in [1.29, 1.82) is 0 Å². The average molecular weight is 1280 g/mol. The second-order valence-electron chi connectivity index (χ2n) is 20.5. The lowest BCUT2D eigenvalue weighted by Gasteiger charge is -2.27. The van der Waals surface area contributed by atoms with Crippen molar-refractivity contribution in [1.82, 2.24) is 47.9 Å². The average Bonchev–Trinajstić information content (AvgIpc) is 3.62. The Bertz CT molecular complexity index is 2950. The van der Waals surface area contributed by atoms with E-state index in [1.54, 1.807) is 73.0 Å². The normalized spacial score (nSPS) is 24.0. The van der Waals surface area contributed by atoms with Crippen molar-refractivity contribution in [3.63, 3.8) is 0 Å². The van der Waals surface area contributed by atoms with Crippen LogP contribution in [0.1, 0.15) is 74.1 Å². The summed E-state index contributed by atoms with van der Waals surface area (Å²) in [7, 11) is 0. The maximum absolute atomic E-state index is 14.4. The molecule has 10 amide bonds. The molecule has 5 rings (SSSR count). The fourth-order valence-electron chi connectivity index (χ4n) is 8.78. The highest BCUT2D eigenvalue weighted by Crippen LogP contribution is 2.26. The molecule has 0 fully saturated rings. The van der Waals surface area contributed by atoms with Gasteiger partial charge in [-0.2, -0.15) is 35.3 Å². The Morgan fingerprint density at radius 1 is 0.602 bits per heavy atom. The van der Waals surface area contributed by atoms with Crippen LogP contribution in [0.5, 0.6) is 5.75 Å². The molecular weight excluding hydrogens is 1200 g/mol. The number of rotatable bonds is 12. The van der Waals surface area contributed by atoms with Gasteiger partial charge in [0.15, 0.2) is 0 Å². The third kappa shape index (κ3) is 25.5. The Hall–Kier alpha value is -8.38. The van der Waals surface area contributed by atoms with Gasteiger partial charge in [0.1, 0.15) is 66.9 Å². The summed E-state index contributed by atoms with van der Waals surface area (Å²) in [6.45, 7) is 1.23. The van der Waals surface area contributed by atoms with E-state index in [1.165, 1.54) is 42.2 Å². The molecule has 13 N–H and O–H groups in total. The fourth-order valence-corrected chi connectivity index (χ4v) is 11.2. The summed E-state index contributed by atoms with van der Waals surface area (Å²) < 4.78 is 6.22. The molecule has 88 heavy (non-hydrogen) atoms. The zero-order valence-electron chi connectivity index (χ0n) is 48.6. The standard InChI is InChI=1S/C58H75N11O16S3/c1-34-52(77)65-42(25-36-15-9-6-10-16-36)55(80)69-45(51(59)76)32-87-30-37-21-38-23-39(22-37)84-18-11-3-4-12-19-85-61-29-47(70)60-28-48(71)63-46(33-88-31-38)58(83)64-40(17-20-86-2)53(78)67-43(26-49(72)73)57(82)68-44(27-50(74)75)56(81)66-41(54(79)62-34)24-35-13-7-5-8-14-35/h5-10,13-16,21-23,29,34,40-46H,3-4,11-12,17-20,24-28,30-33H2,1-2H3,(H2,59,76)(H,60,70)(H,62,79)(H,63,71)(H,64,83)(H,65,77)(H,66,81)(H,67,78)(H,68,82)(H,69,80)(H,72,73)(H,74,75)/b61-29+/t34-,40-,41-,42-,43-,44-,45-,46-/m0/s1. The number of carboxylic acids is 2. The number of amides is 10. The minimum Gasteiger partial charge on any atom is -0.494 e. The van der Waals surface area contributed by atoms with Gasteiger partial charge in [-0.25, -0.2) is 0 Å². The molecule has 3 aromatic carbocycles. The molecule has 4 bridgehead atoms. The van der Waals surface area contributed by atoms with Crippen LogP contribution in [-0.4, -0.2) is 179 Å². The van der Waals surface area contributed by atoms with Gasteiger partial charge in [0.25, 0.3) is 5.91 Å². The summed E-state index contributed by atoms with van der Waals surface area (Å²) in [6, 6.07) is 9.81. The van der Waals surface area contributed by atoms with Gasteiger partial charge in [-0.05, 0) is 85.4 Å². The van der Waals surface area contributed by atoms with Gasteiger partial charge in [0.2, 0.25) is 53.2 Å². The van der Waals surface area contributed by atoms with Crippen molar-refractivity contribution >= 4 is 113 Å². The fraction of sp³-hybridized carbons (Fsp3) is 0.466. The molecule has 0 unspecified atom stereocenters. The molecule has 2 aliphatic heterocycles. The number of aliphatic carboxylic acids is 2. The molecule has 0 aliphatic carbocycles. The predicted octanol–water partition coefficient (Wildman–Crippen LogP) is -0.190. The van der Waals surface area contributed by atoms with Crippen molar-refractivity contribution < 1.29 is 77.3 Å². The summed E-state index contributed by atoms with van der Waals surface area (Å²) >= 11 is 3.73. The lowest BCUT2D eigenvalue weighted by atomic mass is 10.0. The van der Waals surface area contributed by atoms with Crippen LogP contribution in [0.2, 0.25) is 0 Å². The Kier molecular flexibility index (Phi) is 29.9. The topological polar surface area (TPSA) is 410 Å². The van der Waals surface area contributed by atoms with Crippen LogP contribution in [0, 0.1) is 0 Å². The highest BCUT2D eigenvalue weighted by Gasteiger charge is 2.36. The van der Waals surface area contributed by atoms with Crippen LogP contribution >= 0.6 is 35.3 Å². The summed E-state index contributed by atoms with van der Waals surface area (Å²) in [5.74, 6) is -11.8. The maximum atomic E-state index is 14.4. The van der Waals surface area contributed by atoms with Gasteiger partial charge < -0.3 is 73.4 Å². The first-order chi connectivity index (χ1) is 42.2. The molecule has 2 aliphatic rings. The van der Waals surface area contributed by atoms with E-state index in [4.69, 9.17) is 15.3 Å². The predicted molar refractivity (Wildman–Crippen MR) is 328 cm³/mol. The second kappa shape index (κ2) is 37.3. The van der Waals surface area contributed by atoms with Gasteiger partial charge in [-0.15, -0.1) is 0 Å². The number of primary amides is 1. The van der Waals surface area contributed by atoms with E-state index >= 15 is 0 Å². The summed E-state index contributed by atoms with van der Waals surface area (Å²) in [4.78, 5) is 168. The van der Waals surface area contributed by atoms with Crippen molar-refractivity contribution in [2.45, 2.75) is 125 Å². The molecule has 0 saturated carbocycles. The van der Waals surface area contributed by atoms with E-state index in [0.29, 0.717) is 41.9 Å². The number of nitrogens with two attached hydrogens (primary N) is 1. The number of thioether (sulfide) groups is 3. The molecule has 0 aromatic heterocycles. The largest absolute Gasteiger partial charge is 0.494 e. The number of fused-ring (bicyclic) bond motifs is 5. The Labute approximate surface area is 520 Å². The van der Waals surface area contributed by atoms with Crippen LogP contribution < -0.4 is 58.3 Å². The monoisotopic (exact) mass is 1280 g/mol. The zero-order valence-corrected chi connectivity index (χ0v) is 51.0. The van der Waals surface area contributed by atoms with Gasteiger partial charge in [0, 0.05) is 35.9 Å². The van der Waals surface area contributed by atoms with Crippen LogP contribution in [0.3, 0.4) is 0 Å². The molecule has 476 valence electrons. The van der Waals surface area contributed by atoms with Crippen molar-refractivity contribution in [3.05, 3.63) is 101 Å². The highest BCUT2D eigenvalue weighted by molar-refractivity contribution is 7.99. The van der Waals surface area contributed by atoms with Crippen molar-refractivity contribution in [2.75, 3.05) is 43.3 Å². The first-order valence-corrected chi connectivity index (χ1v) is 31.9. The van der Waals surface area contributed by atoms with Crippen molar-refractivity contribution in [3.8, 4) is 5.75 Å². The van der Waals surface area contributed by atoms with E-state index in [2.05, 4.69) is 53.0 Å². The van der Waals surface area contributed by atoms with E-state index < -0.39 is 139 Å². The Morgan fingerprint density at radius 2 is 1.10 bits per heavy atom. The summed E-state index contributed by atoms with van der Waals surface area (Å²) in [6.07, 6.45) is 2.75. The maximum Gasteiger partial charge on any atom is 0.305 e. The summed E-state index contributed by atoms with van der Waals surface area (Å²) in [5, 5.41) is 45.9. The van der Waals surface area contributed by atoms with Crippen LogP contribution in [0.25, 0.3) is 0 Å². The third-order valence-electron chi connectivity index (χ3n) is 13.4. The second-order valence-corrected chi connectivity index (χ2v) is 23.6. The molecule has 2 heterocycles. The number of hydrogen-bond donors (Lipinski definition) is 12. The van der Waals surface area contributed by atoms with Crippen molar-refractivity contribution in [2.24, 2.45) is 10.9 Å². The highest BCUT2D eigenvalue weighted by atomic mass is 32.2. The number of carboxylic acid groups (broad SMARTS) is 2. The van der Waals surface area contributed by atoms with Crippen LogP contribution in [0.4, 0.5) is 0 Å². The minimum absolute atomic E-state index is 0.0254. The lowest BCUT2D eigenvalue weighted by Crippen LogP contribution is -2.61. The Morgan fingerprint density at radius 3 is 1.66 bits per heavy atom. The van der Waals surface area contributed by atoms with Gasteiger partial charge in [-0.1, -0.05) is 71.9 Å². The zero-order chi connectivity index (χ0) is 64.0. The van der Waals surface area contributed by atoms with E-state index in [9.17, 15) is 67.7 Å². The number of carbonyl (C=O) groups is 12. The lowest BCUT2D eigenvalue weighted by molar-refractivity contribution is -0.143. The molecule has 0 spiro atoms.